The molecule has 168 valence electrons. The number of hydrogen-bond acceptors (Lipinski definition) is 6. The summed E-state index contributed by atoms with van der Waals surface area (Å²) in [6, 6.07) is 13.9. The quantitative estimate of drug-likeness (QED) is 0.465. The minimum Gasteiger partial charge on any atom is -0.353 e. The number of rotatable bonds is 3. The Morgan fingerprint density at radius 1 is 1.00 bits per heavy atom. The van der Waals surface area contributed by atoms with E-state index in [1.165, 1.54) is 28.0 Å². The van der Waals surface area contributed by atoms with E-state index in [0.717, 1.165) is 16.1 Å². The Bertz CT molecular complexity index is 1420. The predicted octanol–water partition coefficient (Wildman–Crippen LogP) is 3.54. The van der Waals surface area contributed by atoms with Gasteiger partial charge in [0.2, 0.25) is 4.96 Å². The molecule has 9 heteroatoms. The van der Waals surface area contributed by atoms with Gasteiger partial charge in [-0.1, -0.05) is 41.7 Å². The van der Waals surface area contributed by atoms with E-state index in [-0.39, 0.29) is 17.3 Å². The Morgan fingerprint density at radius 2 is 1.76 bits per heavy atom. The van der Waals surface area contributed by atoms with Gasteiger partial charge in [-0.3, -0.25) is 9.59 Å². The number of aromatic nitrogens is 3. The molecule has 0 aliphatic carbocycles. The molecule has 0 radical (unpaired) electrons. The number of piperazine rings is 1. The van der Waals surface area contributed by atoms with Gasteiger partial charge in [0.1, 0.15) is 16.6 Å². The number of hydrogen-bond donors (Lipinski definition) is 0. The molecule has 1 amide bonds. The molecule has 4 aromatic rings. The van der Waals surface area contributed by atoms with E-state index >= 15 is 0 Å². The fraction of sp³-hybridized carbons (Fsp3) is 0.250. The number of benzene rings is 2. The Labute approximate surface area is 193 Å². The van der Waals surface area contributed by atoms with Gasteiger partial charge in [0.25, 0.3) is 11.5 Å². The van der Waals surface area contributed by atoms with Gasteiger partial charge in [0.05, 0.1) is 0 Å². The average molecular weight is 464 g/mol. The number of halogens is 1. The van der Waals surface area contributed by atoms with Crippen LogP contribution in [0, 0.1) is 19.7 Å². The van der Waals surface area contributed by atoms with E-state index in [1.54, 1.807) is 24.0 Å². The summed E-state index contributed by atoms with van der Waals surface area (Å²) in [5.74, 6) is 0.00269. The molecule has 1 aliphatic rings. The molecule has 3 heterocycles. The van der Waals surface area contributed by atoms with E-state index in [0.29, 0.717) is 48.1 Å². The highest BCUT2D eigenvalue weighted by atomic mass is 32.1. The lowest BCUT2D eigenvalue weighted by atomic mass is 10.1. The number of anilines is 1. The monoisotopic (exact) mass is 463 g/mol. The number of fused-ring (bicyclic) bond motifs is 1. The number of carbonyl (C=O) groups is 1. The average Bonchev–Trinajstić information content (AvgIpc) is 3.25. The first-order valence-electron chi connectivity index (χ1n) is 10.7. The summed E-state index contributed by atoms with van der Waals surface area (Å²) in [4.78, 5) is 34.4. The number of carbonyl (C=O) groups excluding carboxylic acids is 1. The SMILES string of the molecule is Cc1ccc(C(=O)N2CCN(c3cc(=O)n4nc(-c5ccccc5C)sc4n3)CC2)cc1F. The lowest BCUT2D eigenvalue weighted by molar-refractivity contribution is 0.0746. The van der Waals surface area contributed by atoms with Crippen LogP contribution in [-0.2, 0) is 0 Å². The van der Waals surface area contributed by atoms with Gasteiger partial charge in [-0.05, 0) is 37.1 Å². The summed E-state index contributed by atoms with van der Waals surface area (Å²) < 4.78 is 15.2. The van der Waals surface area contributed by atoms with Gasteiger partial charge in [0, 0.05) is 43.4 Å². The molecule has 5 rings (SSSR count). The topological polar surface area (TPSA) is 70.8 Å². The zero-order valence-electron chi connectivity index (χ0n) is 18.3. The maximum atomic E-state index is 13.9. The summed E-state index contributed by atoms with van der Waals surface area (Å²) >= 11 is 1.38. The molecule has 0 spiro atoms. The van der Waals surface area contributed by atoms with Crippen LogP contribution in [0.4, 0.5) is 10.2 Å². The molecule has 0 N–H and O–H groups in total. The normalized spacial score (nSPS) is 14.2. The van der Waals surface area contributed by atoms with E-state index < -0.39 is 0 Å². The highest BCUT2D eigenvalue weighted by Gasteiger charge is 2.24. The van der Waals surface area contributed by atoms with Crippen molar-refractivity contribution in [3.63, 3.8) is 0 Å². The van der Waals surface area contributed by atoms with Crippen LogP contribution in [0.25, 0.3) is 15.5 Å². The van der Waals surface area contributed by atoms with Crippen molar-refractivity contribution in [1.82, 2.24) is 19.5 Å². The van der Waals surface area contributed by atoms with Crippen LogP contribution >= 0.6 is 11.3 Å². The smallest absolute Gasteiger partial charge is 0.277 e. The highest BCUT2D eigenvalue weighted by Crippen LogP contribution is 2.28. The van der Waals surface area contributed by atoms with E-state index in [9.17, 15) is 14.0 Å². The second-order valence-corrected chi connectivity index (χ2v) is 9.07. The minimum atomic E-state index is -0.382. The van der Waals surface area contributed by atoms with Crippen molar-refractivity contribution >= 4 is 28.0 Å². The summed E-state index contributed by atoms with van der Waals surface area (Å²) in [5.41, 5.74) is 2.68. The van der Waals surface area contributed by atoms with Crippen molar-refractivity contribution < 1.29 is 9.18 Å². The number of amides is 1. The third kappa shape index (κ3) is 4.00. The second-order valence-electron chi connectivity index (χ2n) is 8.11. The van der Waals surface area contributed by atoms with Crippen LogP contribution in [0.1, 0.15) is 21.5 Å². The number of aryl methyl sites for hydroxylation is 2. The van der Waals surface area contributed by atoms with Crippen LogP contribution in [0.5, 0.6) is 0 Å². The fourth-order valence-electron chi connectivity index (χ4n) is 3.93. The van der Waals surface area contributed by atoms with Gasteiger partial charge < -0.3 is 9.80 Å². The molecule has 0 unspecified atom stereocenters. The minimum absolute atomic E-state index is 0.192. The first-order valence-corrected chi connectivity index (χ1v) is 11.5. The van der Waals surface area contributed by atoms with Crippen molar-refractivity contribution in [2.24, 2.45) is 0 Å². The largest absolute Gasteiger partial charge is 0.353 e. The third-order valence-corrected chi connectivity index (χ3v) is 6.86. The van der Waals surface area contributed by atoms with Crippen LogP contribution in [0.15, 0.2) is 53.3 Å². The molecule has 1 fully saturated rings. The molecule has 1 saturated heterocycles. The third-order valence-electron chi connectivity index (χ3n) is 5.92. The summed E-state index contributed by atoms with van der Waals surface area (Å²) in [7, 11) is 0. The van der Waals surface area contributed by atoms with E-state index in [1.807, 2.05) is 36.1 Å². The van der Waals surface area contributed by atoms with Crippen LogP contribution in [-0.4, -0.2) is 51.6 Å². The Morgan fingerprint density at radius 3 is 2.48 bits per heavy atom. The summed E-state index contributed by atoms with van der Waals surface area (Å²) in [6.45, 7) is 5.67. The summed E-state index contributed by atoms with van der Waals surface area (Å²) in [5, 5.41) is 5.22. The van der Waals surface area contributed by atoms with Gasteiger partial charge in [-0.2, -0.15) is 9.61 Å². The standard InChI is InChI=1S/C24H22FN5O2S/c1-15-5-3-4-6-18(15)22-27-30-21(31)14-20(26-24(30)33-22)28-9-11-29(12-10-28)23(32)17-8-7-16(2)19(25)13-17/h3-8,13-14H,9-12H2,1-2H3. The van der Waals surface area contributed by atoms with Gasteiger partial charge in [-0.15, -0.1) is 0 Å². The molecule has 0 bridgehead atoms. The Kier molecular flexibility index (Phi) is 5.41. The maximum Gasteiger partial charge on any atom is 0.277 e. The van der Waals surface area contributed by atoms with Gasteiger partial charge in [0.15, 0.2) is 0 Å². The molecular formula is C24H22FN5O2S. The molecule has 1 aliphatic heterocycles. The zero-order chi connectivity index (χ0) is 23.1. The number of nitrogens with zero attached hydrogens (tertiary/aromatic N) is 5. The van der Waals surface area contributed by atoms with Crippen molar-refractivity contribution in [3.8, 4) is 10.6 Å². The van der Waals surface area contributed by atoms with E-state index in [2.05, 4.69) is 10.1 Å². The summed E-state index contributed by atoms with van der Waals surface area (Å²) in [6.07, 6.45) is 0. The molecule has 2 aromatic heterocycles. The van der Waals surface area contributed by atoms with Crippen molar-refractivity contribution in [2.45, 2.75) is 13.8 Å². The molecule has 0 atom stereocenters. The van der Waals surface area contributed by atoms with Crippen molar-refractivity contribution in [2.75, 3.05) is 31.1 Å². The molecule has 33 heavy (non-hydrogen) atoms. The van der Waals surface area contributed by atoms with Crippen LogP contribution in [0.2, 0.25) is 0 Å². The lowest BCUT2D eigenvalue weighted by Crippen LogP contribution is -2.49. The highest BCUT2D eigenvalue weighted by molar-refractivity contribution is 7.19. The van der Waals surface area contributed by atoms with Gasteiger partial charge in [-0.25, -0.2) is 9.37 Å². The van der Waals surface area contributed by atoms with E-state index in [4.69, 9.17) is 0 Å². The Hall–Kier alpha value is -3.59. The van der Waals surface area contributed by atoms with Crippen molar-refractivity contribution in [1.29, 1.82) is 0 Å². The van der Waals surface area contributed by atoms with Crippen LogP contribution < -0.4 is 10.5 Å². The van der Waals surface area contributed by atoms with Crippen LogP contribution in [0.3, 0.4) is 0 Å². The maximum absolute atomic E-state index is 13.9. The first-order chi connectivity index (χ1) is 15.9. The molecular weight excluding hydrogens is 441 g/mol. The predicted molar refractivity (Wildman–Crippen MR) is 127 cm³/mol. The molecule has 0 saturated carbocycles. The van der Waals surface area contributed by atoms with Gasteiger partial charge >= 0.3 is 0 Å². The van der Waals surface area contributed by atoms with Crippen molar-refractivity contribution in [3.05, 3.63) is 81.4 Å². The zero-order valence-corrected chi connectivity index (χ0v) is 19.1. The fourth-order valence-corrected chi connectivity index (χ4v) is 4.92. The lowest BCUT2D eigenvalue weighted by Gasteiger charge is -2.35. The second kappa shape index (κ2) is 8.40. The first kappa shape index (κ1) is 21.3. The molecule has 7 nitrogen and oxygen atoms in total. The Balaban J connectivity index is 1.35. The molecule has 2 aromatic carbocycles.